The largest absolute Gasteiger partial charge is 0.507 e. The lowest BCUT2D eigenvalue weighted by Crippen LogP contribution is -2.35. The Morgan fingerprint density at radius 3 is 3.00 bits per heavy atom. The number of rotatable bonds is 4. The van der Waals surface area contributed by atoms with Crippen molar-refractivity contribution < 1.29 is 5.11 Å². The van der Waals surface area contributed by atoms with Crippen molar-refractivity contribution in [1.82, 2.24) is 14.9 Å². The molecule has 0 saturated carbocycles. The lowest BCUT2D eigenvalue weighted by molar-refractivity contribution is 0.237. The molecule has 0 amide bonds. The van der Waals surface area contributed by atoms with Crippen LogP contribution < -0.4 is 5.56 Å². The van der Waals surface area contributed by atoms with E-state index < -0.39 is 0 Å². The van der Waals surface area contributed by atoms with Crippen LogP contribution in [0.15, 0.2) is 23.0 Å². The molecule has 0 saturated heterocycles. The van der Waals surface area contributed by atoms with Gasteiger partial charge in [-0.3, -0.25) is 9.69 Å². The highest BCUT2D eigenvalue weighted by atomic mass is 16.3. The average molecular weight is 313 g/mol. The van der Waals surface area contributed by atoms with Gasteiger partial charge in [0.05, 0.1) is 5.69 Å². The fourth-order valence-electron chi connectivity index (χ4n) is 3.12. The molecule has 1 aliphatic heterocycles. The predicted octanol–water partition coefficient (Wildman–Crippen LogP) is 2.29. The van der Waals surface area contributed by atoms with Crippen molar-refractivity contribution in [3.63, 3.8) is 0 Å². The third-order valence-corrected chi connectivity index (χ3v) is 4.40. The van der Waals surface area contributed by atoms with Crippen molar-refractivity contribution in [3.8, 4) is 5.75 Å². The Morgan fingerprint density at radius 1 is 1.39 bits per heavy atom. The number of aromatic nitrogens is 2. The zero-order valence-electron chi connectivity index (χ0n) is 13.7. The number of aromatic hydroxyl groups is 1. The highest BCUT2D eigenvalue weighted by molar-refractivity contribution is 5.39. The van der Waals surface area contributed by atoms with Crippen LogP contribution in [0.2, 0.25) is 0 Å². The van der Waals surface area contributed by atoms with E-state index in [1.54, 1.807) is 0 Å². The van der Waals surface area contributed by atoms with Crippen molar-refractivity contribution in [3.05, 3.63) is 56.8 Å². The number of phenolic OH excluding ortho intramolecular Hbond substituents is 1. The van der Waals surface area contributed by atoms with Crippen LogP contribution in [-0.2, 0) is 25.9 Å². The van der Waals surface area contributed by atoms with Gasteiger partial charge in [-0.05, 0) is 25.3 Å². The quantitative estimate of drug-likeness (QED) is 0.909. The minimum atomic E-state index is 0.0107. The third-order valence-electron chi connectivity index (χ3n) is 4.40. The molecule has 2 N–H and O–H groups in total. The first-order valence-electron chi connectivity index (χ1n) is 8.19. The van der Waals surface area contributed by atoms with Crippen molar-refractivity contribution in [2.75, 3.05) is 6.54 Å². The molecule has 0 atom stereocenters. The Balaban J connectivity index is 1.82. The Labute approximate surface area is 136 Å². The Kier molecular flexibility index (Phi) is 4.48. The summed E-state index contributed by atoms with van der Waals surface area (Å²) >= 11 is 0. The maximum Gasteiger partial charge on any atom is 0.254 e. The summed E-state index contributed by atoms with van der Waals surface area (Å²) in [5.74, 6) is 1.14. The summed E-state index contributed by atoms with van der Waals surface area (Å²) in [7, 11) is 0. The predicted molar refractivity (Wildman–Crippen MR) is 89.5 cm³/mol. The zero-order chi connectivity index (χ0) is 16.4. The maximum atomic E-state index is 12.2. The summed E-state index contributed by atoms with van der Waals surface area (Å²) in [6.45, 7) is 6.11. The van der Waals surface area contributed by atoms with E-state index in [0.29, 0.717) is 25.3 Å². The van der Waals surface area contributed by atoms with Crippen LogP contribution in [0.25, 0.3) is 0 Å². The second-order valence-corrected chi connectivity index (χ2v) is 6.23. The number of benzene rings is 1. The molecule has 5 nitrogen and oxygen atoms in total. The molecule has 122 valence electrons. The van der Waals surface area contributed by atoms with E-state index in [1.165, 1.54) is 0 Å². The highest BCUT2D eigenvalue weighted by Gasteiger charge is 2.21. The second kappa shape index (κ2) is 6.54. The maximum absolute atomic E-state index is 12.2. The topological polar surface area (TPSA) is 69.2 Å². The molecule has 0 fully saturated rings. The van der Waals surface area contributed by atoms with Crippen LogP contribution in [0.3, 0.4) is 0 Å². The first-order chi connectivity index (χ1) is 11.1. The fraction of sp³-hybridized carbons (Fsp3) is 0.444. The number of hydrogen-bond donors (Lipinski definition) is 2. The second-order valence-electron chi connectivity index (χ2n) is 6.23. The van der Waals surface area contributed by atoms with Crippen molar-refractivity contribution in [2.24, 2.45) is 0 Å². The first-order valence-corrected chi connectivity index (χ1v) is 8.19. The molecule has 3 rings (SSSR count). The normalized spacial score (nSPS) is 14.7. The van der Waals surface area contributed by atoms with E-state index in [9.17, 15) is 9.90 Å². The van der Waals surface area contributed by atoms with Crippen LogP contribution in [0, 0.1) is 6.92 Å². The minimum absolute atomic E-state index is 0.0107. The number of hydrogen-bond acceptors (Lipinski definition) is 4. The third kappa shape index (κ3) is 3.29. The molecular weight excluding hydrogens is 290 g/mol. The van der Waals surface area contributed by atoms with E-state index in [0.717, 1.165) is 47.6 Å². The average Bonchev–Trinajstić information content (AvgIpc) is 2.52. The summed E-state index contributed by atoms with van der Waals surface area (Å²) in [5, 5.41) is 10.2. The molecule has 1 aliphatic rings. The molecule has 23 heavy (non-hydrogen) atoms. The molecule has 2 aromatic rings. The number of nitrogens with one attached hydrogen (secondary N) is 1. The lowest BCUT2D eigenvalue weighted by atomic mass is 10.0. The number of fused-ring (bicyclic) bond motifs is 1. The molecule has 0 spiro atoms. The molecule has 5 heteroatoms. The monoisotopic (exact) mass is 313 g/mol. The standard InChI is InChI=1S/C18H23N3O2/c1-3-5-16-19-15-11-21(9-8-14(15)18(23)20-16)10-13-7-4-6-12(2)17(13)22/h4,6-7,22H,3,5,8-11H2,1-2H3,(H,19,20,23). The molecule has 1 aromatic heterocycles. The fourth-order valence-corrected chi connectivity index (χ4v) is 3.12. The number of phenols is 1. The summed E-state index contributed by atoms with van der Waals surface area (Å²) < 4.78 is 0. The number of para-hydroxylation sites is 1. The molecule has 1 aromatic carbocycles. The van der Waals surface area contributed by atoms with Crippen molar-refractivity contribution in [1.29, 1.82) is 0 Å². The Hall–Kier alpha value is -2.14. The summed E-state index contributed by atoms with van der Waals surface area (Å²) in [5.41, 5.74) is 3.52. The van der Waals surface area contributed by atoms with Gasteiger partial charge >= 0.3 is 0 Å². The van der Waals surface area contributed by atoms with Gasteiger partial charge in [0.1, 0.15) is 11.6 Å². The van der Waals surface area contributed by atoms with Crippen LogP contribution in [0.4, 0.5) is 0 Å². The van der Waals surface area contributed by atoms with Crippen molar-refractivity contribution >= 4 is 0 Å². The van der Waals surface area contributed by atoms with E-state index in [1.807, 2.05) is 25.1 Å². The zero-order valence-corrected chi connectivity index (χ0v) is 13.7. The van der Waals surface area contributed by atoms with Crippen LogP contribution in [0.1, 0.15) is 41.6 Å². The van der Waals surface area contributed by atoms with Gasteiger partial charge in [0.15, 0.2) is 0 Å². The smallest absolute Gasteiger partial charge is 0.254 e. The van der Waals surface area contributed by atoms with Gasteiger partial charge in [-0.1, -0.05) is 25.1 Å². The molecule has 0 bridgehead atoms. The molecule has 0 unspecified atom stereocenters. The molecular formula is C18H23N3O2. The minimum Gasteiger partial charge on any atom is -0.507 e. The molecule has 2 heterocycles. The number of aryl methyl sites for hydroxylation is 2. The van der Waals surface area contributed by atoms with Gasteiger partial charge in [-0.15, -0.1) is 0 Å². The Morgan fingerprint density at radius 2 is 2.22 bits per heavy atom. The van der Waals surface area contributed by atoms with Gasteiger partial charge in [0.25, 0.3) is 5.56 Å². The van der Waals surface area contributed by atoms with Crippen LogP contribution >= 0.6 is 0 Å². The lowest BCUT2D eigenvalue weighted by Gasteiger charge is -2.28. The van der Waals surface area contributed by atoms with E-state index in [2.05, 4.69) is 21.8 Å². The molecule has 0 radical (unpaired) electrons. The SMILES string of the molecule is CCCc1nc2c(c(=O)[nH]1)CCN(Cc1cccc(C)c1O)C2. The van der Waals surface area contributed by atoms with Gasteiger partial charge in [-0.25, -0.2) is 4.98 Å². The molecule has 0 aliphatic carbocycles. The number of aromatic amines is 1. The van der Waals surface area contributed by atoms with Crippen molar-refractivity contribution in [2.45, 2.75) is 46.2 Å². The number of nitrogens with zero attached hydrogens (tertiary/aromatic N) is 2. The van der Waals surface area contributed by atoms with Gasteiger partial charge in [0.2, 0.25) is 0 Å². The van der Waals surface area contributed by atoms with Gasteiger partial charge < -0.3 is 10.1 Å². The highest BCUT2D eigenvalue weighted by Crippen LogP contribution is 2.24. The summed E-state index contributed by atoms with van der Waals surface area (Å²) in [6.07, 6.45) is 2.46. The van der Waals surface area contributed by atoms with Gasteiger partial charge in [-0.2, -0.15) is 0 Å². The van der Waals surface area contributed by atoms with E-state index >= 15 is 0 Å². The van der Waals surface area contributed by atoms with Gasteiger partial charge in [0, 0.05) is 37.2 Å². The van der Waals surface area contributed by atoms with E-state index in [4.69, 9.17) is 0 Å². The Bertz CT molecular complexity index is 767. The van der Waals surface area contributed by atoms with E-state index in [-0.39, 0.29) is 5.56 Å². The van der Waals surface area contributed by atoms with Crippen LogP contribution in [-0.4, -0.2) is 26.5 Å². The summed E-state index contributed by atoms with van der Waals surface area (Å²) in [6, 6.07) is 5.82. The summed E-state index contributed by atoms with van der Waals surface area (Å²) in [4.78, 5) is 21.9. The first kappa shape index (κ1) is 15.7. The van der Waals surface area contributed by atoms with Crippen LogP contribution in [0.5, 0.6) is 5.75 Å². The number of H-pyrrole nitrogens is 1.